The van der Waals surface area contributed by atoms with Gasteiger partial charge in [0, 0.05) is 24.5 Å². The summed E-state index contributed by atoms with van der Waals surface area (Å²) in [5, 5.41) is 0. The molecule has 0 N–H and O–H groups in total. The van der Waals surface area contributed by atoms with E-state index in [1.54, 1.807) is 6.08 Å². The van der Waals surface area contributed by atoms with Gasteiger partial charge in [0.05, 0.1) is 0 Å². The van der Waals surface area contributed by atoms with Gasteiger partial charge in [-0.3, -0.25) is 0 Å². The molecule has 3 rings (SSSR count). The number of benzene rings is 2. The number of aliphatic imine (C=N–C) groups is 1. The topological polar surface area (TPSA) is 65.0 Å². The van der Waals surface area contributed by atoms with Crippen LogP contribution in [0.5, 0.6) is 0 Å². The summed E-state index contributed by atoms with van der Waals surface area (Å²) in [4.78, 5) is 28.6. The maximum absolute atomic E-state index is 12.2. The first-order valence-corrected chi connectivity index (χ1v) is 8.88. The fourth-order valence-corrected chi connectivity index (χ4v) is 2.77. The summed E-state index contributed by atoms with van der Waals surface area (Å²) in [5.74, 6) is -0.884. The van der Waals surface area contributed by atoms with E-state index < -0.39 is 17.7 Å². The molecule has 5 heteroatoms. The molecular formula is C22H21NO4. The van der Waals surface area contributed by atoms with Gasteiger partial charge in [0.1, 0.15) is 6.61 Å². The maximum atomic E-state index is 12.2. The highest BCUT2D eigenvalue weighted by Crippen LogP contribution is 2.30. The van der Waals surface area contributed by atoms with Crippen LogP contribution < -0.4 is 0 Å². The molecule has 1 heterocycles. The van der Waals surface area contributed by atoms with Crippen LogP contribution >= 0.6 is 0 Å². The molecule has 5 nitrogen and oxygen atoms in total. The zero-order valence-electron chi connectivity index (χ0n) is 15.1. The third-order valence-corrected chi connectivity index (χ3v) is 4.31. The Kier molecular flexibility index (Phi) is 5.81. The lowest BCUT2D eigenvalue weighted by molar-refractivity contribution is -0.146. The molecule has 27 heavy (non-hydrogen) atoms. The molecule has 0 unspecified atom stereocenters. The zero-order chi connectivity index (χ0) is 19.1. The highest BCUT2D eigenvalue weighted by atomic mass is 16.6. The minimum Gasteiger partial charge on any atom is -0.458 e. The highest BCUT2D eigenvalue weighted by Gasteiger charge is 2.40. The summed E-state index contributed by atoms with van der Waals surface area (Å²) in [7, 11) is 0. The Balaban J connectivity index is 1.61. The largest absolute Gasteiger partial charge is 0.458 e. The van der Waals surface area contributed by atoms with E-state index >= 15 is 0 Å². The molecule has 138 valence electrons. The average Bonchev–Trinajstić information content (AvgIpc) is 3.05. The summed E-state index contributed by atoms with van der Waals surface area (Å²) in [6, 6.07) is 18.7. The number of cyclic esters (lactones) is 1. The lowest BCUT2D eigenvalue weighted by Crippen LogP contribution is -2.26. The molecule has 2 aromatic carbocycles. The Morgan fingerprint density at radius 2 is 1.78 bits per heavy atom. The van der Waals surface area contributed by atoms with Crippen molar-refractivity contribution in [3.8, 4) is 0 Å². The Morgan fingerprint density at radius 1 is 1.11 bits per heavy atom. The summed E-state index contributed by atoms with van der Waals surface area (Å²) >= 11 is 0. The van der Waals surface area contributed by atoms with Gasteiger partial charge in [-0.25, -0.2) is 14.6 Å². The van der Waals surface area contributed by atoms with Crippen LogP contribution in [0.1, 0.15) is 30.9 Å². The fourth-order valence-electron chi connectivity index (χ4n) is 2.77. The third-order valence-electron chi connectivity index (χ3n) is 4.31. The van der Waals surface area contributed by atoms with Crippen LogP contribution in [-0.2, 0) is 25.7 Å². The Morgan fingerprint density at radius 3 is 2.44 bits per heavy atom. The van der Waals surface area contributed by atoms with Crippen molar-refractivity contribution in [1.82, 2.24) is 0 Å². The SMILES string of the molecule is CC[C@@]1(C/C=C/C(=O)OCc2ccccc2)N=C(c2ccccc2)C(=O)O1. The highest BCUT2D eigenvalue weighted by molar-refractivity contribution is 6.44. The van der Waals surface area contributed by atoms with Crippen molar-refractivity contribution in [1.29, 1.82) is 0 Å². The van der Waals surface area contributed by atoms with Crippen LogP contribution in [0.3, 0.4) is 0 Å². The van der Waals surface area contributed by atoms with Crippen molar-refractivity contribution in [2.45, 2.75) is 32.1 Å². The second-order valence-corrected chi connectivity index (χ2v) is 6.22. The molecule has 0 bridgehead atoms. The number of carbonyl (C=O) groups excluding carboxylic acids is 2. The van der Waals surface area contributed by atoms with E-state index in [1.165, 1.54) is 6.08 Å². The number of carbonyl (C=O) groups is 2. The van der Waals surface area contributed by atoms with Crippen molar-refractivity contribution < 1.29 is 19.1 Å². The van der Waals surface area contributed by atoms with Gasteiger partial charge in [-0.1, -0.05) is 73.7 Å². The normalized spacial score (nSPS) is 19.0. The average molecular weight is 363 g/mol. The zero-order valence-corrected chi connectivity index (χ0v) is 15.1. The molecule has 1 atom stereocenters. The van der Waals surface area contributed by atoms with E-state index in [2.05, 4.69) is 4.99 Å². The van der Waals surface area contributed by atoms with Crippen LogP contribution in [-0.4, -0.2) is 23.4 Å². The molecule has 0 saturated carbocycles. The number of ether oxygens (including phenoxy) is 2. The van der Waals surface area contributed by atoms with Gasteiger partial charge in [0.2, 0.25) is 5.72 Å². The first-order valence-electron chi connectivity index (χ1n) is 8.88. The van der Waals surface area contributed by atoms with Gasteiger partial charge in [0.25, 0.3) is 0 Å². The van der Waals surface area contributed by atoms with Crippen molar-refractivity contribution in [3.05, 3.63) is 83.9 Å². The first kappa shape index (κ1) is 18.6. The lowest BCUT2D eigenvalue weighted by Gasteiger charge is -2.21. The van der Waals surface area contributed by atoms with Crippen LogP contribution in [0.2, 0.25) is 0 Å². The number of hydrogen-bond acceptors (Lipinski definition) is 5. The molecule has 0 saturated heterocycles. The Hall–Kier alpha value is -3.21. The number of esters is 2. The van der Waals surface area contributed by atoms with Crippen LogP contribution in [0, 0.1) is 0 Å². The van der Waals surface area contributed by atoms with Crippen molar-refractivity contribution in [3.63, 3.8) is 0 Å². The van der Waals surface area contributed by atoms with Gasteiger partial charge in [-0.15, -0.1) is 0 Å². The quantitative estimate of drug-likeness (QED) is 0.554. The molecule has 0 radical (unpaired) electrons. The van der Waals surface area contributed by atoms with E-state index in [1.807, 2.05) is 67.6 Å². The maximum Gasteiger partial charge on any atom is 0.359 e. The molecule has 0 aliphatic carbocycles. The molecule has 0 spiro atoms. The summed E-state index contributed by atoms with van der Waals surface area (Å²) in [6.45, 7) is 2.11. The summed E-state index contributed by atoms with van der Waals surface area (Å²) in [5.41, 5.74) is 0.992. The number of rotatable bonds is 7. The number of nitrogens with zero attached hydrogens (tertiary/aromatic N) is 1. The molecule has 0 aromatic heterocycles. The monoisotopic (exact) mass is 363 g/mol. The second-order valence-electron chi connectivity index (χ2n) is 6.22. The molecule has 0 amide bonds. The third kappa shape index (κ3) is 4.70. The minimum absolute atomic E-state index is 0.216. The van der Waals surface area contributed by atoms with Gasteiger partial charge in [-0.2, -0.15) is 0 Å². The van der Waals surface area contributed by atoms with Crippen LogP contribution in [0.25, 0.3) is 0 Å². The Bertz CT molecular complexity index is 858. The molecular weight excluding hydrogens is 342 g/mol. The van der Waals surface area contributed by atoms with Crippen molar-refractivity contribution in [2.75, 3.05) is 0 Å². The van der Waals surface area contributed by atoms with Gasteiger partial charge >= 0.3 is 11.9 Å². The standard InChI is InChI=1S/C22H21NO4/c1-2-22(23-20(21(25)27-22)18-12-7-4-8-13-18)15-9-14-19(24)26-16-17-10-5-3-6-11-17/h3-14H,2,15-16H2,1H3/b14-9+/t22-/m1/s1. The second kappa shape index (κ2) is 8.45. The Labute approximate surface area is 158 Å². The van der Waals surface area contributed by atoms with Gasteiger partial charge in [-0.05, 0) is 5.56 Å². The predicted molar refractivity (Wildman–Crippen MR) is 102 cm³/mol. The first-order chi connectivity index (χ1) is 13.1. The minimum atomic E-state index is -0.974. The van der Waals surface area contributed by atoms with E-state index in [0.717, 1.165) is 11.1 Å². The number of hydrogen-bond donors (Lipinski definition) is 0. The predicted octanol–water partition coefficient (Wildman–Crippen LogP) is 3.83. The fraction of sp³-hybridized carbons (Fsp3) is 0.227. The van der Waals surface area contributed by atoms with Crippen LogP contribution in [0.15, 0.2) is 77.8 Å². The molecule has 0 fully saturated rings. The van der Waals surface area contributed by atoms with Gasteiger partial charge < -0.3 is 9.47 Å². The van der Waals surface area contributed by atoms with E-state index in [9.17, 15) is 9.59 Å². The van der Waals surface area contributed by atoms with E-state index in [-0.39, 0.29) is 6.61 Å². The van der Waals surface area contributed by atoms with Gasteiger partial charge in [0.15, 0.2) is 5.71 Å². The summed E-state index contributed by atoms with van der Waals surface area (Å²) in [6.07, 6.45) is 3.82. The van der Waals surface area contributed by atoms with Crippen LogP contribution in [0.4, 0.5) is 0 Å². The van der Waals surface area contributed by atoms with Crippen molar-refractivity contribution >= 4 is 17.7 Å². The van der Waals surface area contributed by atoms with E-state index in [0.29, 0.717) is 18.6 Å². The lowest BCUT2D eigenvalue weighted by atomic mass is 10.1. The smallest absolute Gasteiger partial charge is 0.359 e. The van der Waals surface area contributed by atoms with Crippen molar-refractivity contribution in [2.24, 2.45) is 4.99 Å². The molecule has 1 aliphatic heterocycles. The molecule has 1 aliphatic rings. The molecule has 2 aromatic rings. The van der Waals surface area contributed by atoms with E-state index in [4.69, 9.17) is 9.47 Å². The summed E-state index contributed by atoms with van der Waals surface area (Å²) < 4.78 is 10.7.